The molecule has 5 nitrogen and oxygen atoms in total. The summed E-state index contributed by atoms with van der Waals surface area (Å²) in [6.07, 6.45) is 4.74. The first kappa shape index (κ1) is 13.8. The molecule has 1 aliphatic rings. The molecule has 0 heterocycles. The Balaban J connectivity index is 2.17. The Bertz CT molecular complexity index is 273. The van der Waals surface area contributed by atoms with E-state index in [9.17, 15) is 9.59 Å². The zero-order chi connectivity index (χ0) is 12.8. The van der Waals surface area contributed by atoms with Crippen molar-refractivity contribution in [3.63, 3.8) is 0 Å². The first-order valence-electron chi connectivity index (χ1n) is 6.26. The van der Waals surface area contributed by atoms with Crippen LogP contribution >= 0.6 is 0 Å². The summed E-state index contributed by atoms with van der Waals surface area (Å²) in [4.78, 5) is 21.9. The molecule has 0 aromatic heterocycles. The number of hydrogen-bond acceptors (Lipinski definition) is 2. The van der Waals surface area contributed by atoms with Gasteiger partial charge in [-0.2, -0.15) is 0 Å². The third-order valence-electron chi connectivity index (χ3n) is 3.40. The molecule has 98 valence electrons. The van der Waals surface area contributed by atoms with Crippen LogP contribution in [0.5, 0.6) is 0 Å². The highest BCUT2D eigenvalue weighted by molar-refractivity contribution is 5.82. The summed E-state index contributed by atoms with van der Waals surface area (Å²) in [5.74, 6) is 0.316. The second-order valence-electron chi connectivity index (χ2n) is 5.04. The molecule has 0 spiro atoms. The minimum atomic E-state index is -1.02. The van der Waals surface area contributed by atoms with E-state index in [-0.39, 0.29) is 0 Å². The van der Waals surface area contributed by atoms with Crippen LogP contribution in [0.3, 0.4) is 0 Å². The topological polar surface area (TPSA) is 78.4 Å². The van der Waals surface area contributed by atoms with Crippen molar-refractivity contribution in [2.24, 2.45) is 11.8 Å². The summed E-state index contributed by atoms with van der Waals surface area (Å²) in [5.41, 5.74) is 0. The largest absolute Gasteiger partial charge is 0.480 e. The van der Waals surface area contributed by atoms with Crippen molar-refractivity contribution in [3.05, 3.63) is 0 Å². The lowest BCUT2D eigenvalue weighted by Gasteiger charge is -2.26. The first-order valence-corrected chi connectivity index (χ1v) is 6.26. The van der Waals surface area contributed by atoms with Gasteiger partial charge in [-0.15, -0.1) is 0 Å². The number of nitrogens with one attached hydrogen (secondary N) is 2. The predicted molar refractivity (Wildman–Crippen MR) is 64.8 cm³/mol. The third kappa shape index (κ3) is 5.06. The number of carboxylic acid groups (broad SMARTS) is 1. The monoisotopic (exact) mass is 242 g/mol. The Kier molecular flexibility index (Phi) is 5.25. The number of carboxylic acids is 1. The zero-order valence-corrected chi connectivity index (χ0v) is 10.5. The van der Waals surface area contributed by atoms with Crippen LogP contribution in [0, 0.1) is 11.8 Å². The second kappa shape index (κ2) is 6.47. The van der Waals surface area contributed by atoms with Gasteiger partial charge >= 0.3 is 12.0 Å². The molecule has 0 aromatic rings. The Morgan fingerprint density at radius 1 is 1.29 bits per heavy atom. The third-order valence-corrected chi connectivity index (χ3v) is 3.40. The number of carbonyl (C=O) groups excluding carboxylic acids is 1. The van der Waals surface area contributed by atoms with Crippen molar-refractivity contribution in [1.82, 2.24) is 10.6 Å². The van der Waals surface area contributed by atoms with E-state index in [1.54, 1.807) is 0 Å². The van der Waals surface area contributed by atoms with Gasteiger partial charge in [-0.25, -0.2) is 4.79 Å². The Hall–Kier alpha value is -1.26. The van der Waals surface area contributed by atoms with Crippen molar-refractivity contribution in [1.29, 1.82) is 0 Å². The molecule has 1 aliphatic carbocycles. The van der Waals surface area contributed by atoms with E-state index in [4.69, 9.17) is 5.11 Å². The Morgan fingerprint density at radius 3 is 2.41 bits per heavy atom. The average molecular weight is 242 g/mol. The van der Waals surface area contributed by atoms with Crippen molar-refractivity contribution in [2.75, 3.05) is 6.54 Å². The van der Waals surface area contributed by atoms with Crippen LogP contribution < -0.4 is 10.6 Å². The fourth-order valence-corrected chi connectivity index (χ4v) is 2.08. The lowest BCUT2D eigenvalue weighted by molar-refractivity contribution is -0.138. The van der Waals surface area contributed by atoms with E-state index in [1.165, 1.54) is 19.8 Å². The Morgan fingerprint density at radius 2 is 1.88 bits per heavy atom. The summed E-state index contributed by atoms with van der Waals surface area (Å²) >= 11 is 0. The fraction of sp³-hybridized carbons (Fsp3) is 0.833. The van der Waals surface area contributed by atoms with Crippen LogP contribution in [0.2, 0.25) is 0 Å². The summed E-state index contributed by atoms with van der Waals surface area (Å²) < 4.78 is 0. The van der Waals surface area contributed by atoms with E-state index >= 15 is 0 Å². The van der Waals surface area contributed by atoms with E-state index < -0.39 is 18.0 Å². The van der Waals surface area contributed by atoms with Crippen molar-refractivity contribution in [3.8, 4) is 0 Å². The standard InChI is InChI=1S/C12H22N2O3/c1-8-3-5-10(6-4-8)7-13-12(17)14-9(2)11(15)16/h8-10H,3-7H2,1-2H3,(H,15,16)(H2,13,14,17)/t8?,9-,10?/m1/s1. The van der Waals surface area contributed by atoms with Crippen LogP contribution in [-0.4, -0.2) is 29.7 Å². The minimum Gasteiger partial charge on any atom is -0.480 e. The van der Waals surface area contributed by atoms with Gasteiger partial charge in [-0.05, 0) is 31.6 Å². The SMILES string of the molecule is CC1CCC(CNC(=O)N[C@H](C)C(=O)O)CC1. The normalized spacial score (nSPS) is 26.0. The van der Waals surface area contributed by atoms with Gasteiger partial charge in [0.2, 0.25) is 0 Å². The molecule has 2 amide bonds. The highest BCUT2D eigenvalue weighted by Crippen LogP contribution is 2.27. The first-order chi connectivity index (χ1) is 7.99. The fourth-order valence-electron chi connectivity index (χ4n) is 2.08. The van der Waals surface area contributed by atoms with Crippen molar-refractivity contribution < 1.29 is 14.7 Å². The number of amides is 2. The molecule has 1 saturated carbocycles. The molecule has 0 bridgehead atoms. The van der Waals surface area contributed by atoms with Crippen molar-refractivity contribution >= 4 is 12.0 Å². The second-order valence-corrected chi connectivity index (χ2v) is 5.04. The maximum Gasteiger partial charge on any atom is 0.325 e. The van der Waals surface area contributed by atoms with Gasteiger partial charge in [0.05, 0.1) is 0 Å². The number of urea groups is 1. The molecular weight excluding hydrogens is 220 g/mol. The maximum absolute atomic E-state index is 11.4. The van der Waals surface area contributed by atoms with Gasteiger partial charge in [0.25, 0.3) is 0 Å². The molecule has 5 heteroatoms. The number of rotatable bonds is 4. The lowest BCUT2D eigenvalue weighted by Crippen LogP contribution is -2.45. The highest BCUT2D eigenvalue weighted by Gasteiger charge is 2.19. The van der Waals surface area contributed by atoms with E-state index in [0.29, 0.717) is 12.5 Å². The number of aliphatic carboxylic acids is 1. The number of carbonyl (C=O) groups is 2. The van der Waals surface area contributed by atoms with Crippen LogP contribution in [0.15, 0.2) is 0 Å². The van der Waals surface area contributed by atoms with Gasteiger partial charge in [0, 0.05) is 6.54 Å². The smallest absolute Gasteiger partial charge is 0.325 e. The molecule has 1 fully saturated rings. The molecule has 0 saturated heterocycles. The zero-order valence-electron chi connectivity index (χ0n) is 10.5. The highest BCUT2D eigenvalue weighted by atomic mass is 16.4. The molecule has 17 heavy (non-hydrogen) atoms. The molecule has 3 N–H and O–H groups in total. The lowest BCUT2D eigenvalue weighted by atomic mass is 9.83. The molecule has 0 aliphatic heterocycles. The molecule has 0 aromatic carbocycles. The number of hydrogen-bond donors (Lipinski definition) is 3. The van der Waals surface area contributed by atoms with Crippen LogP contribution in [0.4, 0.5) is 4.79 Å². The molecule has 0 radical (unpaired) electrons. The van der Waals surface area contributed by atoms with Gasteiger partial charge < -0.3 is 15.7 Å². The molecule has 1 atom stereocenters. The van der Waals surface area contributed by atoms with Crippen LogP contribution in [-0.2, 0) is 4.79 Å². The van der Waals surface area contributed by atoms with Gasteiger partial charge in [-0.1, -0.05) is 19.8 Å². The maximum atomic E-state index is 11.4. The quantitative estimate of drug-likeness (QED) is 0.700. The Labute approximate surface area is 102 Å². The molecule has 1 rings (SSSR count). The summed E-state index contributed by atoms with van der Waals surface area (Å²) in [7, 11) is 0. The van der Waals surface area contributed by atoms with Gasteiger partial charge in [0.15, 0.2) is 0 Å². The van der Waals surface area contributed by atoms with Crippen LogP contribution in [0.25, 0.3) is 0 Å². The van der Waals surface area contributed by atoms with E-state index in [1.807, 2.05) is 0 Å². The van der Waals surface area contributed by atoms with E-state index in [0.717, 1.165) is 18.8 Å². The average Bonchev–Trinajstić information content (AvgIpc) is 2.28. The van der Waals surface area contributed by atoms with Gasteiger partial charge in [0.1, 0.15) is 6.04 Å². The predicted octanol–water partition coefficient (Wildman–Crippen LogP) is 1.58. The molecule has 0 unspecified atom stereocenters. The summed E-state index contributed by atoms with van der Waals surface area (Å²) in [6.45, 7) is 4.35. The van der Waals surface area contributed by atoms with Gasteiger partial charge in [-0.3, -0.25) is 4.79 Å². The van der Waals surface area contributed by atoms with E-state index in [2.05, 4.69) is 17.6 Å². The summed E-state index contributed by atoms with van der Waals surface area (Å²) in [6, 6.07) is -1.24. The minimum absolute atomic E-state index is 0.390. The van der Waals surface area contributed by atoms with Crippen molar-refractivity contribution in [2.45, 2.75) is 45.6 Å². The summed E-state index contributed by atoms with van der Waals surface area (Å²) in [5, 5.41) is 13.8. The van der Waals surface area contributed by atoms with Crippen LogP contribution in [0.1, 0.15) is 39.5 Å². The molecular formula is C12H22N2O3.